The van der Waals surface area contributed by atoms with Gasteiger partial charge >= 0.3 is 0 Å². The Labute approximate surface area is 160 Å². The molecule has 0 aromatic heterocycles. The van der Waals surface area contributed by atoms with E-state index in [0.717, 1.165) is 16.9 Å². The van der Waals surface area contributed by atoms with Crippen LogP contribution in [0.2, 0.25) is 0 Å². The number of carbonyl (C=O) groups is 1. The van der Waals surface area contributed by atoms with Crippen LogP contribution in [-0.4, -0.2) is 31.5 Å². The van der Waals surface area contributed by atoms with Gasteiger partial charge in [0.05, 0.1) is 19.7 Å². The highest BCUT2D eigenvalue weighted by atomic mass is 16.5. The van der Waals surface area contributed by atoms with Crippen molar-refractivity contribution in [1.29, 1.82) is 0 Å². The van der Waals surface area contributed by atoms with Crippen LogP contribution in [0.15, 0.2) is 66.7 Å². The zero-order valence-corrected chi connectivity index (χ0v) is 16.1. The third-order valence-corrected chi connectivity index (χ3v) is 4.68. The zero-order valence-electron chi connectivity index (χ0n) is 16.1. The molecule has 3 aromatic carbocycles. The molecule has 1 N–H and O–H groups in total. The first kappa shape index (κ1) is 18.9. The number of fused-ring (bicyclic) bond motifs is 1. The Balaban J connectivity index is 1.55. The molecule has 0 saturated heterocycles. The van der Waals surface area contributed by atoms with Crippen molar-refractivity contribution in [3.63, 3.8) is 0 Å². The lowest BCUT2D eigenvalue weighted by atomic mass is 10.0. The van der Waals surface area contributed by atoms with Crippen molar-refractivity contribution in [2.24, 2.45) is 0 Å². The molecule has 27 heavy (non-hydrogen) atoms. The van der Waals surface area contributed by atoms with E-state index in [4.69, 9.17) is 4.74 Å². The minimum atomic E-state index is -0.0310. The van der Waals surface area contributed by atoms with Crippen molar-refractivity contribution in [2.45, 2.75) is 19.5 Å². The highest BCUT2D eigenvalue weighted by Crippen LogP contribution is 2.20. The van der Waals surface area contributed by atoms with Gasteiger partial charge in [0.1, 0.15) is 5.75 Å². The Hall–Kier alpha value is -2.85. The largest absolute Gasteiger partial charge is 0.497 e. The van der Waals surface area contributed by atoms with Gasteiger partial charge in [-0.3, -0.25) is 9.69 Å². The normalized spacial score (nSPS) is 12.1. The summed E-state index contributed by atoms with van der Waals surface area (Å²) in [5.41, 5.74) is 2.26. The van der Waals surface area contributed by atoms with Crippen molar-refractivity contribution < 1.29 is 9.53 Å². The molecule has 0 radical (unpaired) electrons. The van der Waals surface area contributed by atoms with Gasteiger partial charge in [-0.15, -0.1) is 0 Å². The summed E-state index contributed by atoms with van der Waals surface area (Å²) in [5, 5.41) is 5.49. The molecule has 0 spiro atoms. The third-order valence-electron chi connectivity index (χ3n) is 4.68. The molecule has 3 rings (SSSR count). The average molecular weight is 362 g/mol. The fraction of sp³-hybridized carbons (Fsp3) is 0.261. The number of benzene rings is 3. The summed E-state index contributed by atoms with van der Waals surface area (Å²) in [6.45, 7) is 3.08. The number of nitrogens with one attached hydrogen (secondary N) is 1. The number of hydrogen-bond acceptors (Lipinski definition) is 3. The minimum Gasteiger partial charge on any atom is -0.497 e. The van der Waals surface area contributed by atoms with Crippen LogP contribution in [0, 0.1) is 0 Å². The number of hydrogen-bond donors (Lipinski definition) is 1. The molecule has 0 bridgehead atoms. The van der Waals surface area contributed by atoms with E-state index in [-0.39, 0.29) is 11.9 Å². The monoisotopic (exact) mass is 362 g/mol. The maximum atomic E-state index is 12.4. The first-order chi connectivity index (χ1) is 13.0. The van der Waals surface area contributed by atoms with Gasteiger partial charge in [-0.1, -0.05) is 48.5 Å². The quantitative estimate of drug-likeness (QED) is 0.686. The van der Waals surface area contributed by atoms with Crippen LogP contribution in [0.25, 0.3) is 10.8 Å². The van der Waals surface area contributed by atoms with E-state index in [1.807, 2.05) is 55.3 Å². The van der Waals surface area contributed by atoms with E-state index in [1.165, 1.54) is 10.8 Å². The van der Waals surface area contributed by atoms with Crippen LogP contribution in [0.5, 0.6) is 5.75 Å². The van der Waals surface area contributed by atoms with Crippen LogP contribution >= 0.6 is 0 Å². The van der Waals surface area contributed by atoms with E-state index in [1.54, 1.807) is 7.11 Å². The fourth-order valence-electron chi connectivity index (χ4n) is 3.19. The van der Waals surface area contributed by atoms with Gasteiger partial charge in [-0.2, -0.15) is 0 Å². The molecule has 0 heterocycles. The third kappa shape index (κ3) is 5.08. The molecule has 0 fully saturated rings. The van der Waals surface area contributed by atoms with Crippen LogP contribution in [0.4, 0.5) is 0 Å². The molecule has 140 valence electrons. The summed E-state index contributed by atoms with van der Waals surface area (Å²) in [6.07, 6.45) is 0. The number of rotatable bonds is 7. The number of methoxy groups -OCH3 is 1. The molecular formula is C23H26N2O2. The minimum absolute atomic E-state index is 0.0201. The summed E-state index contributed by atoms with van der Waals surface area (Å²) >= 11 is 0. The summed E-state index contributed by atoms with van der Waals surface area (Å²) in [4.78, 5) is 14.4. The molecule has 4 heteroatoms. The van der Waals surface area contributed by atoms with Crippen LogP contribution in [0.1, 0.15) is 24.1 Å². The SMILES string of the molecule is COc1ccc(CN(C)CC(=O)NC(C)c2ccc3ccccc3c2)cc1. The maximum Gasteiger partial charge on any atom is 0.234 e. The molecule has 0 saturated carbocycles. The lowest BCUT2D eigenvalue weighted by molar-refractivity contribution is -0.122. The van der Waals surface area contributed by atoms with Gasteiger partial charge in [0.25, 0.3) is 0 Å². The predicted octanol–water partition coefficient (Wildman–Crippen LogP) is 4.16. The highest BCUT2D eigenvalue weighted by molar-refractivity contribution is 5.83. The summed E-state index contributed by atoms with van der Waals surface area (Å²) in [6, 6.07) is 22.4. The second-order valence-corrected chi connectivity index (χ2v) is 6.92. The average Bonchev–Trinajstić information content (AvgIpc) is 2.68. The first-order valence-corrected chi connectivity index (χ1v) is 9.14. The topological polar surface area (TPSA) is 41.6 Å². The lowest BCUT2D eigenvalue weighted by Crippen LogP contribution is -2.36. The van der Waals surface area contributed by atoms with E-state index in [2.05, 4.69) is 35.6 Å². The second kappa shape index (κ2) is 8.69. The summed E-state index contributed by atoms with van der Waals surface area (Å²) in [7, 11) is 3.60. The van der Waals surface area contributed by atoms with Crippen molar-refractivity contribution in [1.82, 2.24) is 10.2 Å². The van der Waals surface area contributed by atoms with Gasteiger partial charge in [0.15, 0.2) is 0 Å². The maximum absolute atomic E-state index is 12.4. The molecule has 0 aliphatic rings. The van der Waals surface area contributed by atoms with Crippen molar-refractivity contribution in [3.8, 4) is 5.75 Å². The van der Waals surface area contributed by atoms with Gasteiger partial charge in [-0.05, 0) is 54.1 Å². The van der Waals surface area contributed by atoms with Gasteiger partial charge in [0.2, 0.25) is 5.91 Å². The second-order valence-electron chi connectivity index (χ2n) is 6.92. The van der Waals surface area contributed by atoms with Crippen molar-refractivity contribution in [3.05, 3.63) is 77.9 Å². The lowest BCUT2D eigenvalue weighted by Gasteiger charge is -2.19. The van der Waals surface area contributed by atoms with Gasteiger partial charge in [-0.25, -0.2) is 0 Å². The summed E-state index contributed by atoms with van der Waals surface area (Å²) < 4.78 is 5.17. The predicted molar refractivity (Wildman–Crippen MR) is 110 cm³/mol. The first-order valence-electron chi connectivity index (χ1n) is 9.14. The van der Waals surface area contributed by atoms with Crippen LogP contribution in [0.3, 0.4) is 0 Å². The molecule has 1 unspecified atom stereocenters. The zero-order chi connectivity index (χ0) is 19.2. The number of amides is 1. The molecule has 3 aromatic rings. The Bertz CT molecular complexity index is 906. The van der Waals surface area contributed by atoms with Crippen molar-refractivity contribution >= 4 is 16.7 Å². The van der Waals surface area contributed by atoms with E-state index >= 15 is 0 Å². The Morgan fingerprint density at radius 2 is 1.74 bits per heavy atom. The molecule has 1 amide bonds. The van der Waals surface area contributed by atoms with Gasteiger partial charge < -0.3 is 10.1 Å². The van der Waals surface area contributed by atoms with Crippen LogP contribution in [-0.2, 0) is 11.3 Å². The Morgan fingerprint density at radius 3 is 2.44 bits per heavy atom. The Kier molecular flexibility index (Phi) is 6.09. The Morgan fingerprint density at radius 1 is 1.04 bits per heavy atom. The smallest absolute Gasteiger partial charge is 0.234 e. The highest BCUT2D eigenvalue weighted by Gasteiger charge is 2.12. The van der Waals surface area contributed by atoms with Gasteiger partial charge in [0, 0.05) is 6.54 Å². The number of nitrogens with zero attached hydrogens (tertiary/aromatic N) is 1. The standard InChI is InChI=1S/C23H26N2O2/c1-17(20-11-10-19-6-4-5-7-21(19)14-20)24-23(26)16-25(2)15-18-8-12-22(27-3)13-9-18/h4-14,17H,15-16H2,1-3H3,(H,24,26). The van der Waals surface area contributed by atoms with E-state index in [0.29, 0.717) is 13.1 Å². The van der Waals surface area contributed by atoms with Crippen molar-refractivity contribution in [2.75, 3.05) is 20.7 Å². The summed E-state index contributed by atoms with van der Waals surface area (Å²) in [5.74, 6) is 0.857. The fourth-order valence-corrected chi connectivity index (χ4v) is 3.19. The molecule has 0 aliphatic heterocycles. The van der Waals surface area contributed by atoms with E-state index < -0.39 is 0 Å². The number of ether oxygens (including phenoxy) is 1. The van der Waals surface area contributed by atoms with Crippen LogP contribution < -0.4 is 10.1 Å². The van der Waals surface area contributed by atoms with E-state index in [9.17, 15) is 4.79 Å². The number of likely N-dealkylation sites (N-methyl/N-ethyl adjacent to an activating group) is 1. The molecular weight excluding hydrogens is 336 g/mol. The number of carbonyl (C=O) groups excluding carboxylic acids is 1. The molecule has 0 aliphatic carbocycles. The molecule has 4 nitrogen and oxygen atoms in total. The molecule has 1 atom stereocenters.